The molecule has 0 radical (unpaired) electrons. The highest BCUT2D eigenvalue weighted by Gasteiger charge is 2.26. The zero-order valence-corrected chi connectivity index (χ0v) is 8.41. The number of ether oxygens (including phenoxy) is 2. The van der Waals surface area contributed by atoms with Gasteiger partial charge in [0.05, 0.1) is 26.2 Å². The third-order valence-electron chi connectivity index (χ3n) is 1.54. The van der Waals surface area contributed by atoms with Crippen molar-refractivity contribution in [3.63, 3.8) is 0 Å². The summed E-state index contributed by atoms with van der Waals surface area (Å²) in [5, 5.41) is 0. The number of nitrogen functional groups attached to an aromatic ring is 1. The molecule has 1 aromatic heterocycles. The summed E-state index contributed by atoms with van der Waals surface area (Å²) in [6.45, 7) is -0.525. The van der Waals surface area contributed by atoms with E-state index in [-0.39, 0.29) is 17.7 Å². The van der Waals surface area contributed by atoms with Crippen LogP contribution in [0.25, 0.3) is 0 Å². The number of hydrogen-bond donors (Lipinski definition) is 1. The maximum Gasteiger partial charge on any atom is 0.392 e. The van der Waals surface area contributed by atoms with E-state index in [4.69, 9.17) is 15.2 Å². The van der Waals surface area contributed by atoms with Gasteiger partial charge in [0.15, 0.2) is 0 Å². The molecule has 5 nitrogen and oxygen atoms in total. The van der Waals surface area contributed by atoms with E-state index in [2.05, 4.69) is 9.97 Å². The first-order valence-corrected chi connectivity index (χ1v) is 4.29. The maximum atomic E-state index is 11.8. The van der Waals surface area contributed by atoms with Crippen molar-refractivity contribution in [2.24, 2.45) is 0 Å². The Hall–Kier alpha value is -1.73. The van der Waals surface area contributed by atoms with Crippen LogP contribution in [0.2, 0.25) is 0 Å². The molecule has 0 amide bonds. The van der Waals surface area contributed by atoms with Crippen LogP contribution >= 0.6 is 0 Å². The molecule has 0 bridgehead atoms. The number of nitrogens with zero attached hydrogens (tertiary/aromatic N) is 2. The van der Waals surface area contributed by atoms with Crippen molar-refractivity contribution in [3.8, 4) is 11.8 Å². The van der Waals surface area contributed by atoms with Gasteiger partial charge in [-0.05, 0) is 0 Å². The number of methoxy groups -OCH3 is 1. The molecule has 8 heteroatoms. The molecule has 1 aromatic rings. The van der Waals surface area contributed by atoms with Gasteiger partial charge < -0.3 is 15.2 Å². The minimum atomic E-state index is -4.26. The molecule has 0 fully saturated rings. The largest absolute Gasteiger partial charge is 0.481 e. The van der Waals surface area contributed by atoms with Gasteiger partial charge in [0, 0.05) is 0 Å². The van der Waals surface area contributed by atoms with Gasteiger partial charge in [0.2, 0.25) is 17.7 Å². The number of rotatable bonds is 4. The lowest BCUT2D eigenvalue weighted by Gasteiger charge is -2.08. The summed E-state index contributed by atoms with van der Waals surface area (Å²) in [6.07, 6.45) is -5.32. The second kappa shape index (κ2) is 4.86. The lowest BCUT2D eigenvalue weighted by atomic mass is 10.4. The highest BCUT2D eigenvalue weighted by atomic mass is 19.4. The Bertz CT molecular complexity index is 357. The minimum Gasteiger partial charge on any atom is -0.481 e. The van der Waals surface area contributed by atoms with E-state index in [1.54, 1.807) is 0 Å². The van der Waals surface area contributed by atoms with Crippen LogP contribution in [0.5, 0.6) is 11.8 Å². The summed E-state index contributed by atoms with van der Waals surface area (Å²) in [5.74, 6) is -0.0375. The number of alkyl halides is 3. The molecule has 0 saturated heterocycles. The Morgan fingerprint density at radius 1 is 1.31 bits per heavy atom. The zero-order valence-electron chi connectivity index (χ0n) is 8.41. The summed E-state index contributed by atoms with van der Waals surface area (Å²) in [6, 6.07) is 1.26. The van der Waals surface area contributed by atoms with Crippen molar-refractivity contribution in [2.45, 2.75) is 12.6 Å². The topological polar surface area (TPSA) is 70.3 Å². The predicted octanol–water partition coefficient (Wildman–Crippen LogP) is 1.40. The number of anilines is 1. The number of halogens is 3. The number of hydrogen-bond acceptors (Lipinski definition) is 5. The smallest absolute Gasteiger partial charge is 0.392 e. The average molecular weight is 237 g/mol. The molecule has 0 aliphatic carbocycles. The van der Waals surface area contributed by atoms with Gasteiger partial charge in [-0.1, -0.05) is 0 Å². The molecule has 2 N–H and O–H groups in total. The van der Waals surface area contributed by atoms with Crippen LogP contribution in [0.3, 0.4) is 0 Å². The zero-order chi connectivity index (χ0) is 12.2. The van der Waals surface area contributed by atoms with E-state index in [0.717, 1.165) is 0 Å². The van der Waals surface area contributed by atoms with Crippen LogP contribution in [-0.2, 0) is 0 Å². The highest BCUT2D eigenvalue weighted by molar-refractivity contribution is 5.29. The fourth-order valence-electron chi connectivity index (χ4n) is 0.871. The quantitative estimate of drug-likeness (QED) is 0.857. The number of aromatic nitrogens is 2. The van der Waals surface area contributed by atoms with Crippen LogP contribution in [0, 0.1) is 0 Å². The van der Waals surface area contributed by atoms with E-state index < -0.39 is 19.2 Å². The fourth-order valence-corrected chi connectivity index (χ4v) is 0.871. The van der Waals surface area contributed by atoms with Crippen molar-refractivity contribution >= 4 is 5.95 Å². The second-order valence-corrected chi connectivity index (χ2v) is 2.82. The van der Waals surface area contributed by atoms with Crippen LogP contribution in [0.15, 0.2) is 6.07 Å². The Morgan fingerprint density at radius 2 is 1.94 bits per heavy atom. The molecule has 90 valence electrons. The molecule has 1 heterocycles. The van der Waals surface area contributed by atoms with E-state index in [1.165, 1.54) is 13.2 Å². The molecule has 0 unspecified atom stereocenters. The molecule has 16 heavy (non-hydrogen) atoms. The highest BCUT2D eigenvalue weighted by Crippen LogP contribution is 2.21. The van der Waals surface area contributed by atoms with Crippen LogP contribution in [-0.4, -0.2) is 29.9 Å². The van der Waals surface area contributed by atoms with Gasteiger partial charge in [-0.3, -0.25) is 0 Å². The van der Waals surface area contributed by atoms with Crippen molar-refractivity contribution in [1.82, 2.24) is 9.97 Å². The monoisotopic (exact) mass is 237 g/mol. The molecule has 0 aliphatic rings. The number of nitrogens with two attached hydrogens (primary N) is 1. The van der Waals surface area contributed by atoms with E-state index >= 15 is 0 Å². The van der Waals surface area contributed by atoms with E-state index in [0.29, 0.717) is 0 Å². The summed E-state index contributed by atoms with van der Waals surface area (Å²) >= 11 is 0. The first-order valence-electron chi connectivity index (χ1n) is 4.29. The summed E-state index contributed by atoms with van der Waals surface area (Å²) < 4.78 is 45.0. The van der Waals surface area contributed by atoms with Gasteiger partial charge in [-0.2, -0.15) is 23.1 Å². The molecular formula is C8H10F3N3O2. The first kappa shape index (κ1) is 12.3. The summed E-state index contributed by atoms with van der Waals surface area (Å²) in [4.78, 5) is 7.25. The van der Waals surface area contributed by atoms with Crippen molar-refractivity contribution in [3.05, 3.63) is 6.07 Å². The third-order valence-corrected chi connectivity index (χ3v) is 1.54. The summed E-state index contributed by atoms with van der Waals surface area (Å²) in [7, 11) is 1.35. The van der Waals surface area contributed by atoms with Gasteiger partial charge in [0.25, 0.3) is 0 Å². The van der Waals surface area contributed by atoms with Crippen LogP contribution in [0.1, 0.15) is 6.42 Å². The lowest BCUT2D eigenvalue weighted by Crippen LogP contribution is -2.13. The molecule has 0 aromatic carbocycles. The van der Waals surface area contributed by atoms with Gasteiger partial charge in [-0.15, -0.1) is 0 Å². The Labute approximate surface area is 89.4 Å². The minimum absolute atomic E-state index is 0.0476. The van der Waals surface area contributed by atoms with Gasteiger partial charge in [-0.25, -0.2) is 0 Å². The predicted molar refractivity (Wildman–Crippen MR) is 49.2 cm³/mol. The van der Waals surface area contributed by atoms with Gasteiger partial charge in [0.1, 0.15) is 0 Å². The maximum absolute atomic E-state index is 11.8. The second-order valence-electron chi connectivity index (χ2n) is 2.82. The fraction of sp³-hybridized carbons (Fsp3) is 0.500. The van der Waals surface area contributed by atoms with E-state index in [9.17, 15) is 13.2 Å². The van der Waals surface area contributed by atoms with Crippen molar-refractivity contribution in [1.29, 1.82) is 0 Å². The summed E-state index contributed by atoms with van der Waals surface area (Å²) in [5.41, 5.74) is 5.29. The SMILES string of the molecule is COc1cc(OCCC(F)(F)F)nc(N)n1. The molecule has 0 atom stereocenters. The van der Waals surface area contributed by atoms with E-state index in [1.807, 2.05) is 0 Å². The Morgan fingerprint density at radius 3 is 2.50 bits per heavy atom. The van der Waals surface area contributed by atoms with Crippen molar-refractivity contribution < 1.29 is 22.6 Å². The van der Waals surface area contributed by atoms with Crippen molar-refractivity contribution in [2.75, 3.05) is 19.5 Å². The lowest BCUT2D eigenvalue weighted by molar-refractivity contribution is -0.139. The normalized spacial score (nSPS) is 11.2. The van der Waals surface area contributed by atoms with Crippen LogP contribution < -0.4 is 15.2 Å². The standard InChI is InChI=1S/C8H10F3N3O2/c1-15-5-4-6(14-7(12)13-5)16-3-2-8(9,10)11/h4H,2-3H2,1H3,(H2,12,13,14). The first-order chi connectivity index (χ1) is 7.40. The molecule has 0 saturated carbocycles. The molecular weight excluding hydrogens is 227 g/mol. The Kier molecular flexibility index (Phi) is 3.75. The third kappa shape index (κ3) is 4.20. The molecule has 1 rings (SSSR count). The van der Waals surface area contributed by atoms with Gasteiger partial charge >= 0.3 is 6.18 Å². The Balaban J connectivity index is 2.57. The molecule has 0 spiro atoms. The molecule has 0 aliphatic heterocycles. The van der Waals surface area contributed by atoms with Crippen LogP contribution in [0.4, 0.5) is 19.1 Å². The average Bonchev–Trinajstić information content (AvgIpc) is 2.14.